The van der Waals surface area contributed by atoms with Crippen molar-refractivity contribution < 1.29 is 21.6 Å². The average molecular weight is 508 g/mol. The summed E-state index contributed by atoms with van der Waals surface area (Å²) in [4.78, 5) is 12.3. The molecule has 0 bridgehead atoms. The molecule has 0 radical (unpaired) electrons. The predicted octanol–water partition coefficient (Wildman–Crippen LogP) is 2.77. The molecule has 0 atom stereocenters. The fourth-order valence-electron chi connectivity index (χ4n) is 3.28. The summed E-state index contributed by atoms with van der Waals surface area (Å²) in [6.07, 6.45) is 2.66. The minimum absolute atomic E-state index is 0.0344. The number of aromatic nitrogens is 2. The van der Waals surface area contributed by atoms with Gasteiger partial charge in [0, 0.05) is 24.3 Å². The van der Waals surface area contributed by atoms with Gasteiger partial charge in [0.15, 0.2) is 0 Å². The van der Waals surface area contributed by atoms with E-state index in [2.05, 4.69) is 20.2 Å². The van der Waals surface area contributed by atoms with Crippen LogP contribution in [0.5, 0.6) is 0 Å². The molecule has 33 heavy (non-hydrogen) atoms. The summed E-state index contributed by atoms with van der Waals surface area (Å²) in [5, 5.41) is 9.92. The number of piperidine rings is 1. The molecule has 2 aromatic carbocycles. The number of hydrogen-bond acceptors (Lipinski definition) is 8. The molecular formula is C20H21N5O5S3. The Morgan fingerprint density at radius 1 is 0.879 bits per heavy atom. The lowest BCUT2D eigenvalue weighted by Gasteiger charge is -2.25. The van der Waals surface area contributed by atoms with Gasteiger partial charge in [-0.05, 0) is 49.2 Å². The van der Waals surface area contributed by atoms with Crippen molar-refractivity contribution in [1.29, 1.82) is 0 Å². The molecule has 1 saturated heterocycles. The third-order valence-corrected chi connectivity index (χ3v) is 9.45. The van der Waals surface area contributed by atoms with Crippen LogP contribution in [0, 0.1) is 0 Å². The first-order valence-corrected chi connectivity index (χ1v) is 13.8. The Bertz CT molecular complexity index is 1330. The maximum Gasteiger partial charge on any atom is 0.291 e. The molecule has 1 amide bonds. The van der Waals surface area contributed by atoms with Crippen LogP contribution in [0.2, 0.25) is 0 Å². The standard InChI is InChI=1S/C20H21N5O5S3/c26-18(15-7-3-1-4-8-15)21-19-22-23-20(31-19)32(27,28)24-16-9-11-17(12-10-16)33(29,30)25-13-5-2-6-14-25/h1,3-4,7-12,24H,2,5-6,13-14H2,(H,21,22,26). The summed E-state index contributed by atoms with van der Waals surface area (Å²) in [6, 6.07) is 13.9. The van der Waals surface area contributed by atoms with E-state index in [0.29, 0.717) is 30.0 Å². The molecule has 0 aliphatic carbocycles. The topological polar surface area (TPSA) is 138 Å². The average Bonchev–Trinajstić information content (AvgIpc) is 3.30. The Balaban J connectivity index is 1.44. The number of anilines is 2. The number of carbonyl (C=O) groups excluding carboxylic acids is 1. The lowest BCUT2D eigenvalue weighted by atomic mass is 10.2. The van der Waals surface area contributed by atoms with Crippen molar-refractivity contribution in [2.45, 2.75) is 28.5 Å². The van der Waals surface area contributed by atoms with E-state index in [1.807, 2.05) is 0 Å². The highest BCUT2D eigenvalue weighted by atomic mass is 32.2. The maximum atomic E-state index is 12.7. The number of rotatable bonds is 7. The first-order valence-electron chi connectivity index (χ1n) is 10.1. The van der Waals surface area contributed by atoms with E-state index in [1.165, 1.54) is 28.6 Å². The monoisotopic (exact) mass is 507 g/mol. The molecule has 0 unspecified atom stereocenters. The van der Waals surface area contributed by atoms with Crippen molar-refractivity contribution in [3.63, 3.8) is 0 Å². The van der Waals surface area contributed by atoms with E-state index in [4.69, 9.17) is 0 Å². The van der Waals surface area contributed by atoms with Gasteiger partial charge >= 0.3 is 0 Å². The molecule has 10 nitrogen and oxygen atoms in total. The van der Waals surface area contributed by atoms with Crippen LogP contribution in [-0.4, -0.2) is 50.3 Å². The molecule has 0 spiro atoms. The highest BCUT2D eigenvalue weighted by Gasteiger charge is 2.26. The van der Waals surface area contributed by atoms with Crippen molar-refractivity contribution in [3.05, 3.63) is 60.2 Å². The van der Waals surface area contributed by atoms with Crippen molar-refractivity contribution in [1.82, 2.24) is 14.5 Å². The maximum absolute atomic E-state index is 12.7. The normalized spacial score (nSPS) is 15.2. The molecule has 13 heteroatoms. The molecule has 1 aliphatic heterocycles. The van der Waals surface area contributed by atoms with Crippen LogP contribution in [0.4, 0.5) is 10.8 Å². The van der Waals surface area contributed by atoms with Crippen LogP contribution in [0.3, 0.4) is 0 Å². The Labute approximate surface area is 195 Å². The van der Waals surface area contributed by atoms with E-state index in [0.717, 1.165) is 19.3 Å². The van der Waals surface area contributed by atoms with Crippen molar-refractivity contribution in [3.8, 4) is 0 Å². The number of nitrogens with one attached hydrogen (secondary N) is 2. The number of amides is 1. The fraction of sp³-hybridized carbons (Fsp3) is 0.250. The summed E-state index contributed by atoms with van der Waals surface area (Å²) in [5.74, 6) is -0.436. The summed E-state index contributed by atoms with van der Waals surface area (Å²) >= 11 is 0.701. The van der Waals surface area contributed by atoms with E-state index < -0.39 is 26.0 Å². The number of benzene rings is 2. The highest BCUT2D eigenvalue weighted by Crippen LogP contribution is 2.25. The molecule has 0 saturated carbocycles. The van der Waals surface area contributed by atoms with Gasteiger partial charge in [-0.25, -0.2) is 8.42 Å². The zero-order valence-electron chi connectivity index (χ0n) is 17.3. The van der Waals surface area contributed by atoms with Crippen molar-refractivity contribution in [2.24, 2.45) is 0 Å². The number of hydrogen-bond donors (Lipinski definition) is 2. The minimum Gasteiger partial charge on any atom is -0.296 e. The molecular weight excluding hydrogens is 486 g/mol. The third kappa shape index (κ3) is 5.38. The SMILES string of the molecule is O=C(Nc1nnc(S(=O)(=O)Nc2ccc(S(=O)(=O)N3CCCCC3)cc2)s1)c1ccccc1. The van der Waals surface area contributed by atoms with Gasteiger partial charge in [-0.2, -0.15) is 12.7 Å². The quantitative estimate of drug-likeness (QED) is 0.469. The van der Waals surface area contributed by atoms with Gasteiger partial charge < -0.3 is 0 Å². The Hall–Kier alpha value is -2.87. The van der Waals surface area contributed by atoms with Gasteiger partial charge in [0.1, 0.15) is 0 Å². The summed E-state index contributed by atoms with van der Waals surface area (Å²) in [7, 11) is -7.69. The summed E-state index contributed by atoms with van der Waals surface area (Å²) in [5.41, 5.74) is 0.576. The molecule has 2 N–H and O–H groups in total. The number of carbonyl (C=O) groups is 1. The zero-order chi connectivity index (χ0) is 23.5. The van der Waals surface area contributed by atoms with E-state index in [1.54, 1.807) is 30.3 Å². The third-order valence-electron chi connectivity index (χ3n) is 4.95. The smallest absolute Gasteiger partial charge is 0.291 e. The molecule has 4 rings (SSSR count). The van der Waals surface area contributed by atoms with Crippen molar-refractivity contribution in [2.75, 3.05) is 23.1 Å². The van der Waals surface area contributed by atoms with Gasteiger partial charge in [0.05, 0.1) is 4.90 Å². The van der Waals surface area contributed by atoms with Crippen LogP contribution in [0.1, 0.15) is 29.6 Å². The van der Waals surface area contributed by atoms with Gasteiger partial charge in [-0.3, -0.25) is 14.8 Å². The molecule has 174 valence electrons. The van der Waals surface area contributed by atoms with Crippen LogP contribution in [0.25, 0.3) is 0 Å². The molecule has 3 aromatic rings. The second-order valence-corrected chi connectivity index (χ2v) is 12.1. The first kappa shape index (κ1) is 23.3. The fourth-order valence-corrected chi connectivity index (χ4v) is 6.75. The Morgan fingerprint density at radius 2 is 1.55 bits per heavy atom. The van der Waals surface area contributed by atoms with Gasteiger partial charge in [-0.1, -0.05) is 36.0 Å². The Kier molecular flexibility index (Phi) is 6.74. The van der Waals surface area contributed by atoms with E-state index >= 15 is 0 Å². The zero-order valence-corrected chi connectivity index (χ0v) is 19.8. The lowest BCUT2D eigenvalue weighted by Crippen LogP contribution is -2.35. The van der Waals surface area contributed by atoms with Crippen LogP contribution in [-0.2, 0) is 20.0 Å². The van der Waals surface area contributed by atoms with Crippen molar-refractivity contribution >= 4 is 48.1 Å². The van der Waals surface area contributed by atoms with Gasteiger partial charge in [0.25, 0.3) is 20.3 Å². The number of nitrogens with zero attached hydrogens (tertiary/aromatic N) is 3. The second kappa shape index (κ2) is 9.55. The van der Waals surface area contributed by atoms with E-state index in [9.17, 15) is 21.6 Å². The summed E-state index contributed by atoms with van der Waals surface area (Å²) < 4.78 is 54.2. The highest BCUT2D eigenvalue weighted by molar-refractivity contribution is 7.94. The van der Waals surface area contributed by atoms with Gasteiger partial charge in [-0.15, -0.1) is 10.2 Å². The largest absolute Gasteiger partial charge is 0.296 e. The summed E-state index contributed by atoms with van der Waals surface area (Å²) in [6.45, 7) is 0.966. The molecule has 1 aromatic heterocycles. The van der Waals surface area contributed by atoms with Gasteiger partial charge in [0.2, 0.25) is 15.2 Å². The van der Waals surface area contributed by atoms with Crippen LogP contribution >= 0.6 is 11.3 Å². The minimum atomic E-state index is -4.08. The number of sulfonamides is 2. The molecule has 1 fully saturated rings. The second-order valence-electron chi connectivity index (χ2n) is 7.29. The Morgan fingerprint density at radius 3 is 2.21 bits per heavy atom. The van der Waals surface area contributed by atoms with Crippen LogP contribution in [0.15, 0.2) is 63.8 Å². The predicted molar refractivity (Wildman–Crippen MR) is 124 cm³/mol. The molecule has 1 aliphatic rings. The van der Waals surface area contributed by atoms with Crippen LogP contribution < -0.4 is 10.0 Å². The lowest BCUT2D eigenvalue weighted by molar-refractivity contribution is 0.102. The molecule has 2 heterocycles. The van der Waals surface area contributed by atoms with E-state index in [-0.39, 0.29) is 20.1 Å². The first-order chi connectivity index (χ1) is 15.8.